The predicted octanol–water partition coefficient (Wildman–Crippen LogP) is 3.73. The Morgan fingerprint density at radius 1 is 1.08 bits per heavy atom. The van der Waals surface area contributed by atoms with Gasteiger partial charge in [0.15, 0.2) is 0 Å². The summed E-state index contributed by atoms with van der Waals surface area (Å²) in [5, 5.41) is 3.89. The maximum absolute atomic E-state index is 13.2. The summed E-state index contributed by atoms with van der Waals surface area (Å²) in [5.41, 5.74) is 9.49. The monoisotopic (exact) mass is 527 g/mol. The molecule has 2 atom stereocenters. The SMILES string of the molecule is COc1ccc(OC)c(C2CC(C(=O)N3CCN(Cc4nc(-c5ccc(Cl)cc5)cs4)CC3)NN2)c1. The number of hydrogen-bond acceptors (Lipinski definition) is 8. The molecule has 3 heterocycles. The molecule has 1 amide bonds. The van der Waals surface area contributed by atoms with Gasteiger partial charge in [0.25, 0.3) is 0 Å². The number of aromatic nitrogens is 1. The smallest absolute Gasteiger partial charge is 0.241 e. The fourth-order valence-electron chi connectivity index (χ4n) is 4.71. The molecule has 2 aromatic carbocycles. The molecule has 2 aliphatic heterocycles. The summed E-state index contributed by atoms with van der Waals surface area (Å²) in [6, 6.07) is 13.2. The first-order valence-electron chi connectivity index (χ1n) is 12.0. The lowest BCUT2D eigenvalue weighted by molar-refractivity contribution is -0.135. The third-order valence-corrected chi connectivity index (χ3v) is 7.83. The zero-order chi connectivity index (χ0) is 25.1. The van der Waals surface area contributed by atoms with Crippen LogP contribution in [0.15, 0.2) is 47.8 Å². The second-order valence-corrected chi connectivity index (χ2v) is 10.4. The number of amides is 1. The number of hydrazine groups is 1. The minimum Gasteiger partial charge on any atom is -0.497 e. The highest BCUT2D eigenvalue weighted by molar-refractivity contribution is 7.09. The Bertz CT molecular complexity index is 1200. The number of hydrogen-bond donors (Lipinski definition) is 2. The van der Waals surface area contributed by atoms with Crippen molar-refractivity contribution < 1.29 is 14.3 Å². The summed E-state index contributed by atoms with van der Waals surface area (Å²) in [5.74, 6) is 1.67. The fraction of sp³-hybridized carbons (Fsp3) is 0.385. The highest BCUT2D eigenvalue weighted by Gasteiger charge is 2.35. The average molecular weight is 528 g/mol. The molecule has 2 fully saturated rings. The van der Waals surface area contributed by atoms with E-state index in [0.29, 0.717) is 19.5 Å². The van der Waals surface area contributed by atoms with Crippen molar-refractivity contribution in [1.82, 2.24) is 25.6 Å². The van der Waals surface area contributed by atoms with Gasteiger partial charge >= 0.3 is 0 Å². The standard InChI is InChI=1S/C26H30ClN5O3S/c1-34-19-7-8-24(35-2)20(13-19)21-14-22(30-29-21)26(33)32-11-9-31(10-12-32)15-25-28-23(16-36-25)17-3-5-18(27)6-4-17/h3-8,13,16,21-22,29-30H,9-12,14-15H2,1-2H3. The number of carbonyl (C=O) groups is 1. The maximum atomic E-state index is 13.2. The minimum atomic E-state index is -0.279. The number of nitrogens with one attached hydrogen (secondary N) is 2. The van der Waals surface area contributed by atoms with Crippen molar-refractivity contribution in [2.45, 2.75) is 25.0 Å². The second-order valence-electron chi connectivity index (χ2n) is 8.97. The largest absolute Gasteiger partial charge is 0.497 e. The first-order chi connectivity index (χ1) is 17.5. The molecule has 3 aromatic rings. The van der Waals surface area contributed by atoms with Gasteiger partial charge in [0, 0.05) is 47.7 Å². The van der Waals surface area contributed by atoms with Gasteiger partial charge < -0.3 is 14.4 Å². The van der Waals surface area contributed by atoms with Crippen LogP contribution in [0, 0.1) is 0 Å². The highest BCUT2D eigenvalue weighted by atomic mass is 35.5. The number of benzene rings is 2. The Morgan fingerprint density at radius 3 is 2.58 bits per heavy atom. The number of thiazole rings is 1. The average Bonchev–Trinajstić information content (AvgIpc) is 3.59. The molecule has 5 rings (SSSR count). The Kier molecular flexibility index (Phi) is 7.73. The topological polar surface area (TPSA) is 79.0 Å². The second kappa shape index (κ2) is 11.1. The Hall–Kier alpha value is -2.69. The molecule has 10 heteroatoms. The number of methoxy groups -OCH3 is 2. The van der Waals surface area contributed by atoms with E-state index in [1.165, 1.54) is 0 Å². The third kappa shape index (κ3) is 5.50. The summed E-state index contributed by atoms with van der Waals surface area (Å²) in [7, 11) is 3.30. The Balaban J connectivity index is 1.13. The van der Waals surface area contributed by atoms with Crippen molar-refractivity contribution in [3.8, 4) is 22.8 Å². The summed E-state index contributed by atoms with van der Waals surface area (Å²) < 4.78 is 10.9. The van der Waals surface area contributed by atoms with Gasteiger partial charge in [-0.25, -0.2) is 15.8 Å². The highest BCUT2D eigenvalue weighted by Crippen LogP contribution is 2.33. The van der Waals surface area contributed by atoms with Crippen LogP contribution in [0.3, 0.4) is 0 Å². The molecule has 0 saturated carbocycles. The van der Waals surface area contributed by atoms with Crippen molar-refractivity contribution in [2.24, 2.45) is 0 Å². The van der Waals surface area contributed by atoms with E-state index in [2.05, 4.69) is 21.1 Å². The molecule has 36 heavy (non-hydrogen) atoms. The van der Waals surface area contributed by atoms with Crippen molar-refractivity contribution in [3.63, 3.8) is 0 Å². The lowest BCUT2D eigenvalue weighted by atomic mass is 10.00. The third-order valence-electron chi connectivity index (χ3n) is 6.75. The molecule has 0 radical (unpaired) electrons. The van der Waals surface area contributed by atoms with Crippen LogP contribution in [0.1, 0.15) is 23.0 Å². The maximum Gasteiger partial charge on any atom is 0.241 e. The van der Waals surface area contributed by atoms with E-state index in [1.807, 2.05) is 47.4 Å². The van der Waals surface area contributed by atoms with Gasteiger partial charge in [-0.15, -0.1) is 11.3 Å². The summed E-state index contributed by atoms with van der Waals surface area (Å²) in [6.45, 7) is 3.87. The molecule has 1 aromatic heterocycles. The number of rotatable bonds is 7. The van der Waals surface area contributed by atoms with E-state index >= 15 is 0 Å². The summed E-state index contributed by atoms with van der Waals surface area (Å²) in [6.07, 6.45) is 0.648. The molecular formula is C26H30ClN5O3S. The van der Waals surface area contributed by atoms with E-state index in [4.69, 9.17) is 26.1 Å². The van der Waals surface area contributed by atoms with E-state index in [1.54, 1.807) is 25.6 Å². The molecule has 0 spiro atoms. The van der Waals surface area contributed by atoms with Gasteiger partial charge in [0.1, 0.15) is 22.5 Å². The van der Waals surface area contributed by atoms with Crippen molar-refractivity contribution in [2.75, 3.05) is 40.4 Å². The molecule has 2 unspecified atom stereocenters. The van der Waals surface area contributed by atoms with E-state index in [9.17, 15) is 4.79 Å². The zero-order valence-corrected chi connectivity index (χ0v) is 21.9. The Labute approximate surface area is 220 Å². The van der Waals surface area contributed by atoms with Crippen molar-refractivity contribution >= 4 is 28.8 Å². The van der Waals surface area contributed by atoms with Gasteiger partial charge in [-0.3, -0.25) is 9.69 Å². The van der Waals surface area contributed by atoms with Gasteiger partial charge in [0.2, 0.25) is 5.91 Å². The van der Waals surface area contributed by atoms with Gasteiger partial charge in [0.05, 0.1) is 32.5 Å². The Morgan fingerprint density at radius 2 is 1.86 bits per heavy atom. The zero-order valence-electron chi connectivity index (χ0n) is 20.4. The van der Waals surface area contributed by atoms with Crippen LogP contribution in [0.25, 0.3) is 11.3 Å². The number of carbonyl (C=O) groups excluding carboxylic acids is 1. The first kappa shape index (κ1) is 25.0. The van der Waals surface area contributed by atoms with Crippen LogP contribution >= 0.6 is 22.9 Å². The van der Waals surface area contributed by atoms with Crippen LogP contribution in [-0.2, 0) is 11.3 Å². The normalized spacial score (nSPS) is 20.5. The van der Waals surface area contributed by atoms with Crippen LogP contribution in [0.2, 0.25) is 5.02 Å². The predicted molar refractivity (Wildman–Crippen MR) is 141 cm³/mol. The van der Waals surface area contributed by atoms with Crippen LogP contribution in [0.4, 0.5) is 0 Å². The summed E-state index contributed by atoms with van der Waals surface area (Å²) in [4.78, 5) is 22.4. The van der Waals surface area contributed by atoms with E-state index in [0.717, 1.165) is 58.0 Å². The molecule has 2 N–H and O–H groups in total. The van der Waals surface area contributed by atoms with Crippen LogP contribution in [0.5, 0.6) is 11.5 Å². The van der Waals surface area contributed by atoms with Crippen LogP contribution in [-0.4, -0.2) is 67.1 Å². The number of piperazine rings is 1. The number of ether oxygens (including phenoxy) is 2. The summed E-state index contributed by atoms with van der Waals surface area (Å²) >= 11 is 7.67. The quantitative estimate of drug-likeness (QED) is 0.484. The molecule has 0 aliphatic carbocycles. The number of halogens is 1. The molecule has 2 saturated heterocycles. The molecule has 2 aliphatic rings. The molecular weight excluding hydrogens is 498 g/mol. The van der Waals surface area contributed by atoms with Gasteiger partial charge in [-0.2, -0.15) is 0 Å². The van der Waals surface area contributed by atoms with E-state index in [-0.39, 0.29) is 18.0 Å². The van der Waals surface area contributed by atoms with Gasteiger partial charge in [-0.1, -0.05) is 23.7 Å². The minimum absolute atomic E-state index is 0.0370. The first-order valence-corrected chi connectivity index (χ1v) is 13.2. The molecule has 0 bridgehead atoms. The lowest BCUT2D eigenvalue weighted by Gasteiger charge is -2.35. The van der Waals surface area contributed by atoms with Crippen molar-refractivity contribution in [3.05, 3.63) is 63.4 Å². The van der Waals surface area contributed by atoms with E-state index < -0.39 is 0 Å². The number of nitrogens with zero attached hydrogens (tertiary/aromatic N) is 3. The van der Waals surface area contributed by atoms with Gasteiger partial charge in [-0.05, 0) is 36.8 Å². The molecule has 8 nitrogen and oxygen atoms in total. The fourth-order valence-corrected chi connectivity index (χ4v) is 5.68. The molecule has 190 valence electrons. The van der Waals surface area contributed by atoms with Crippen LogP contribution < -0.4 is 20.3 Å². The van der Waals surface area contributed by atoms with Crippen molar-refractivity contribution in [1.29, 1.82) is 0 Å². The lowest BCUT2D eigenvalue weighted by Crippen LogP contribution is -2.53.